The van der Waals surface area contributed by atoms with Crippen LogP contribution in [0.2, 0.25) is 0 Å². The first kappa shape index (κ1) is 13.9. The quantitative estimate of drug-likeness (QED) is 0.813. The summed E-state index contributed by atoms with van der Waals surface area (Å²) in [6, 6.07) is 1.90. The van der Waals surface area contributed by atoms with Gasteiger partial charge in [0.25, 0.3) is 0 Å². The maximum absolute atomic E-state index is 11.4. The van der Waals surface area contributed by atoms with Crippen molar-refractivity contribution in [2.45, 2.75) is 33.2 Å². The maximum atomic E-state index is 11.4. The van der Waals surface area contributed by atoms with Crippen molar-refractivity contribution < 1.29 is 4.79 Å². The molecule has 0 fully saturated rings. The molecule has 0 bridgehead atoms. The molecule has 0 unspecified atom stereocenters. The van der Waals surface area contributed by atoms with Crippen molar-refractivity contribution in [3.05, 3.63) is 16.5 Å². The molecule has 0 atom stereocenters. The molecular weight excluding hydrogens is 284 g/mol. The number of aryl methyl sites for hydroxylation is 1. The summed E-state index contributed by atoms with van der Waals surface area (Å²) in [4.78, 5) is 19.9. The summed E-state index contributed by atoms with van der Waals surface area (Å²) in [6.45, 7) is 6.05. The molecule has 5 nitrogen and oxygen atoms in total. The Morgan fingerprint density at radius 1 is 1.47 bits per heavy atom. The Kier molecular flexibility index (Phi) is 5.34. The Morgan fingerprint density at radius 3 is 2.76 bits per heavy atom. The van der Waals surface area contributed by atoms with Gasteiger partial charge in [-0.1, -0.05) is 6.92 Å². The Labute approximate surface area is 110 Å². The first-order chi connectivity index (χ1) is 8.01. The van der Waals surface area contributed by atoms with Crippen molar-refractivity contribution in [3.63, 3.8) is 0 Å². The average Bonchev–Trinajstić information content (AvgIpc) is 2.24. The fourth-order valence-corrected chi connectivity index (χ4v) is 1.68. The van der Waals surface area contributed by atoms with E-state index in [2.05, 4.69) is 36.5 Å². The van der Waals surface area contributed by atoms with Crippen molar-refractivity contribution in [2.24, 2.45) is 0 Å². The first-order valence-corrected chi connectivity index (χ1v) is 6.37. The first-order valence-electron chi connectivity index (χ1n) is 5.58. The number of hydrogen-bond acceptors (Lipinski definition) is 4. The fourth-order valence-electron chi connectivity index (χ4n) is 1.26. The highest BCUT2D eigenvalue weighted by Crippen LogP contribution is 2.12. The molecule has 1 rings (SSSR count). The molecule has 0 saturated heterocycles. The molecule has 0 radical (unpaired) electrons. The molecule has 0 spiro atoms. The third-order valence-electron chi connectivity index (χ3n) is 1.94. The lowest BCUT2D eigenvalue weighted by molar-refractivity contribution is -0.119. The molecule has 0 saturated carbocycles. The largest absolute Gasteiger partial charge is 0.361 e. The highest BCUT2D eigenvalue weighted by atomic mass is 79.9. The summed E-state index contributed by atoms with van der Waals surface area (Å²) in [5.41, 5.74) is 0. The van der Waals surface area contributed by atoms with Crippen LogP contribution in [0, 0.1) is 0 Å². The standard InChI is InChI=1S/C11H17BrN4O/c1-4-9-15-8(12)5-10(16-9)13-6-11(17)14-7(2)3/h5,7H,4,6H2,1-3H3,(H,14,17)(H,13,15,16). The number of rotatable bonds is 5. The van der Waals surface area contributed by atoms with Crippen LogP contribution < -0.4 is 10.6 Å². The minimum absolute atomic E-state index is 0.0483. The van der Waals surface area contributed by atoms with Gasteiger partial charge in [-0.2, -0.15) is 0 Å². The zero-order chi connectivity index (χ0) is 12.8. The lowest BCUT2D eigenvalue weighted by Gasteiger charge is -2.10. The molecule has 0 aliphatic heterocycles. The van der Waals surface area contributed by atoms with Crippen molar-refractivity contribution in [1.29, 1.82) is 0 Å². The van der Waals surface area contributed by atoms with Gasteiger partial charge in [0.05, 0.1) is 6.54 Å². The van der Waals surface area contributed by atoms with E-state index in [-0.39, 0.29) is 18.5 Å². The van der Waals surface area contributed by atoms with Crippen LogP contribution in [0.4, 0.5) is 5.82 Å². The van der Waals surface area contributed by atoms with Crippen LogP contribution in [-0.4, -0.2) is 28.5 Å². The lowest BCUT2D eigenvalue weighted by Crippen LogP contribution is -2.35. The topological polar surface area (TPSA) is 66.9 Å². The zero-order valence-corrected chi connectivity index (χ0v) is 11.8. The van der Waals surface area contributed by atoms with Gasteiger partial charge in [0.1, 0.15) is 16.2 Å². The molecule has 2 N–H and O–H groups in total. The number of nitrogens with one attached hydrogen (secondary N) is 2. The predicted molar refractivity (Wildman–Crippen MR) is 70.9 cm³/mol. The molecule has 1 amide bonds. The van der Waals surface area contributed by atoms with Gasteiger partial charge in [0.15, 0.2) is 0 Å². The number of halogens is 1. The molecule has 17 heavy (non-hydrogen) atoms. The molecule has 94 valence electrons. The molecule has 0 aliphatic rings. The van der Waals surface area contributed by atoms with Gasteiger partial charge in [0, 0.05) is 18.5 Å². The number of aromatic nitrogens is 2. The summed E-state index contributed by atoms with van der Waals surface area (Å²) in [7, 11) is 0. The van der Waals surface area contributed by atoms with Crippen molar-refractivity contribution in [1.82, 2.24) is 15.3 Å². The molecule has 6 heteroatoms. The van der Waals surface area contributed by atoms with Gasteiger partial charge >= 0.3 is 0 Å². The maximum Gasteiger partial charge on any atom is 0.239 e. The van der Waals surface area contributed by atoms with E-state index in [9.17, 15) is 4.79 Å². The van der Waals surface area contributed by atoms with Crippen molar-refractivity contribution in [2.75, 3.05) is 11.9 Å². The van der Waals surface area contributed by atoms with Crippen LogP contribution in [0.5, 0.6) is 0 Å². The number of carbonyl (C=O) groups excluding carboxylic acids is 1. The predicted octanol–water partition coefficient (Wildman–Crippen LogP) is 1.74. The van der Waals surface area contributed by atoms with Crippen LogP contribution in [0.3, 0.4) is 0 Å². The molecular formula is C11H17BrN4O. The summed E-state index contributed by atoms with van der Waals surface area (Å²) in [5, 5.41) is 5.77. The highest BCUT2D eigenvalue weighted by molar-refractivity contribution is 9.10. The lowest BCUT2D eigenvalue weighted by atomic mass is 10.4. The summed E-state index contributed by atoms with van der Waals surface area (Å²) >= 11 is 3.31. The van der Waals surface area contributed by atoms with E-state index in [1.165, 1.54) is 0 Å². The van der Waals surface area contributed by atoms with Gasteiger partial charge in [-0.25, -0.2) is 9.97 Å². The Balaban J connectivity index is 2.57. The second-order valence-electron chi connectivity index (χ2n) is 3.92. The van der Waals surface area contributed by atoms with E-state index in [4.69, 9.17) is 0 Å². The summed E-state index contributed by atoms with van der Waals surface area (Å²) in [6.07, 6.45) is 0.756. The summed E-state index contributed by atoms with van der Waals surface area (Å²) < 4.78 is 0.719. The van der Waals surface area contributed by atoms with Crippen LogP contribution in [0.15, 0.2) is 10.7 Å². The Bertz CT molecular complexity index is 395. The van der Waals surface area contributed by atoms with Crippen molar-refractivity contribution in [3.8, 4) is 0 Å². The fraction of sp³-hybridized carbons (Fsp3) is 0.545. The smallest absolute Gasteiger partial charge is 0.239 e. The van der Waals surface area contributed by atoms with E-state index < -0.39 is 0 Å². The van der Waals surface area contributed by atoms with E-state index in [1.807, 2.05) is 20.8 Å². The normalized spacial score (nSPS) is 10.4. The minimum Gasteiger partial charge on any atom is -0.361 e. The Hall–Kier alpha value is -1.17. The van der Waals surface area contributed by atoms with Crippen molar-refractivity contribution >= 4 is 27.7 Å². The van der Waals surface area contributed by atoms with E-state index in [0.29, 0.717) is 5.82 Å². The Morgan fingerprint density at radius 2 is 2.18 bits per heavy atom. The molecule has 1 aromatic rings. The van der Waals surface area contributed by atoms with E-state index >= 15 is 0 Å². The minimum atomic E-state index is -0.0483. The van der Waals surface area contributed by atoms with Gasteiger partial charge in [-0.15, -0.1) is 0 Å². The number of nitrogens with zero attached hydrogens (tertiary/aromatic N) is 2. The van der Waals surface area contributed by atoms with Gasteiger partial charge in [-0.3, -0.25) is 4.79 Å². The number of carbonyl (C=O) groups is 1. The van der Waals surface area contributed by atoms with Crippen LogP contribution in [0.1, 0.15) is 26.6 Å². The summed E-state index contributed by atoms with van der Waals surface area (Å²) in [5.74, 6) is 1.35. The van der Waals surface area contributed by atoms with Crippen LogP contribution in [0.25, 0.3) is 0 Å². The number of anilines is 1. The third-order valence-corrected chi connectivity index (χ3v) is 2.34. The molecule has 1 heterocycles. The molecule has 0 aromatic carbocycles. The monoisotopic (exact) mass is 300 g/mol. The zero-order valence-electron chi connectivity index (χ0n) is 10.2. The SMILES string of the molecule is CCc1nc(Br)cc(NCC(=O)NC(C)C)n1. The average molecular weight is 301 g/mol. The second-order valence-corrected chi connectivity index (χ2v) is 4.73. The van der Waals surface area contributed by atoms with Gasteiger partial charge < -0.3 is 10.6 Å². The second kappa shape index (κ2) is 6.54. The highest BCUT2D eigenvalue weighted by Gasteiger charge is 2.05. The third kappa shape index (κ3) is 5.12. The van der Waals surface area contributed by atoms with Crippen LogP contribution >= 0.6 is 15.9 Å². The molecule has 0 aliphatic carbocycles. The van der Waals surface area contributed by atoms with E-state index in [1.54, 1.807) is 6.07 Å². The number of hydrogen-bond donors (Lipinski definition) is 2. The van der Waals surface area contributed by atoms with Crippen LogP contribution in [-0.2, 0) is 11.2 Å². The number of amides is 1. The molecule has 1 aromatic heterocycles. The van der Waals surface area contributed by atoms with Gasteiger partial charge in [0.2, 0.25) is 5.91 Å². The van der Waals surface area contributed by atoms with Gasteiger partial charge in [-0.05, 0) is 29.8 Å². The van der Waals surface area contributed by atoms with E-state index in [0.717, 1.165) is 16.8 Å².